The van der Waals surface area contributed by atoms with Crippen LogP contribution in [0.3, 0.4) is 0 Å². The second-order valence-corrected chi connectivity index (χ2v) is 3.31. The van der Waals surface area contributed by atoms with Gasteiger partial charge in [0.25, 0.3) is 0 Å². The molecule has 0 saturated heterocycles. The molecular weight excluding hydrogens is 126 g/mol. The minimum atomic E-state index is -0.0260. The Balaban J connectivity index is 2.68. The summed E-state index contributed by atoms with van der Waals surface area (Å²) in [5.74, 6) is 0.489. The SMILES string of the molecule is CC(C)C1(N=C=O)CCC1. The number of nitrogens with zero attached hydrogens (tertiary/aromatic N) is 1. The lowest BCUT2D eigenvalue weighted by atomic mass is 9.70. The highest BCUT2D eigenvalue weighted by Crippen LogP contribution is 2.41. The average molecular weight is 139 g/mol. The van der Waals surface area contributed by atoms with E-state index in [0.29, 0.717) is 5.92 Å². The average Bonchev–Trinajstić information content (AvgIpc) is 1.77. The molecule has 1 saturated carbocycles. The van der Waals surface area contributed by atoms with Gasteiger partial charge >= 0.3 is 0 Å². The number of aliphatic imine (C=N–C) groups is 1. The third kappa shape index (κ3) is 0.994. The Hall–Kier alpha value is -0.620. The van der Waals surface area contributed by atoms with Crippen molar-refractivity contribution in [3.63, 3.8) is 0 Å². The lowest BCUT2D eigenvalue weighted by Crippen LogP contribution is -2.40. The molecule has 0 atom stereocenters. The highest BCUT2D eigenvalue weighted by molar-refractivity contribution is 5.35. The van der Waals surface area contributed by atoms with Crippen molar-refractivity contribution in [2.45, 2.75) is 38.6 Å². The van der Waals surface area contributed by atoms with E-state index in [1.807, 2.05) is 0 Å². The smallest absolute Gasteiger partial charge is 0.211 e. The molecule has 2 nitrogen and oxygen atoms in total. The van der Waals surface area contributed by atoms with Gasteiger partial charge in [0.15, 0.2) is 0 Å². The predicted octanol–water partition coefficient (Wildman–Crippen LogP) is 1.90. The van der Waals surface area contributed by atoms with Crippen molar-refractivity contribution in [2.24, 2.45) is 10.9 Å². The maximum Gasteiger partial charge on any atom is 0.235 e. The maximum atomic E-state index is 10.0. The Labute approximate surface area is 61.3 Å². The lowest BCUT2D eigenvalue weighted by molar-refractivity contribution is 0.179. The Bertz CT molecular complexity index is 164. The molecule has 56 valence electrons. The molecule has 0 unspecified atom stereocenters. The van der Waals surface area contributed by atoms with Gasteiger partial charge in [-0.25, -0.2) is 4.79 Å². The summed E-state index contributed by atoms with van der Waals surface area (Å²) in [4.78, 5) is 13.9. The van der Waals surface area contributed by atoms with E-state index in [2.05, 4.69) is 18.8 Å². The summed E-state index contributed by atoms with van der Waals surface area (Å²) in [7, 11) is 0. The Kier molecular flexibility index (Phi) is 1.91. The first kappa shape index (κ1) is 7.49. The molecule has 1 aliphatic carbocycles. The third-order valence-corrected chi connectivity index (χ3v) is 2.56. The fourth-order valence-electron chi connectivity index (χ4n) is 1.45. The van der Waals surface area contributed by atoms with Gasteiger partial charge in [-0.3, -0.25) is 0 Å². The van der Waals surface area contributed by atoms with Gasteiger partial charge in [0.1, 0.15) is 0 Å². The highest BCUT2D eigenvalue weighted by Gasteiger charge is 2.39. The number of rotatable bonds is 2. The molecule has 0 bridgehead atoms. The number of isocyanates is 1. The standard InChI is InChI=1S/C8H13NO/c1-7(2)8(9-6-10)4-3-5-8/h7H,3-5H2,1-2H3. The second kappa shape index (κ2) is 2.55. The fraction of sp³-hybridized carbons (Fsp3) is 0.875. The van der Waals surface area contributed by atoms with Crippen LogP contribution >= 0.6 is 0 Å². The van der Waals surface area contributed by atoms with E-state index < -0.39 is 0 Å². The summed E-state index contributed by atoms with van der Waals surface area (Å²) < 4.78 is 0. The number of hydrogen-bond donors (Lipinski definition) is 0. The summed E-state index contributed by atoms with van der Waals surface area (Å²) >= 11 is 0. The van der Waals surface area contributed by atoms with Crippen molar-refractivity contribution in [3.05, 3.63) is 0 Å². The largest absolute Gasteiger partial charge is 0.235 e. The molecule has 0 N–H and O–H groups in total. The van der Waals surface area contributed by atoms with Gasteiger partial charge in [-0.2, -0.15) is 4.99 Å². The van der Waals surface area contributed by atoms with E-state index in [0.717, 1.165) is 12.8 Å². The van der Waals surface area contributed by atoms with Gasteiger partial charge in [-0.15, -0.1) is 0 Å². The summed E-state index contributed by atoms with van der Waals surface area (Å²) in [5.41, 5.74) is -0.0260. The van der Waals surface area contributed by atoms with E-state index >= 15 is 0 Å². The molecule has 0 spiro atoms. The molecule has 0 radical (unpaired) electrons. The summed E-state index contributed by atoms with van der Waals surface area (Å²) in [6.07, 6.45) is 5.02. The van der Waals surface area contributed by atoms with Crippen LogP contribution in [0, 0.1) is 5.92 Å². The van der Waals surface area contributed by atoms with Crippen LogP contribution in [-0.2, 0) is 4.79 Å². The maximum absolute atomic E-state index is 10.0. The van der Waals surface area contributed by atoms with E-state index in [-0.39, 0.29) is 5.54 Å². The zero-order valence-corrected chi connectivity index (χ0v) is 6.55. The molecular formula is C8H13NO. The summed E-state index contributed by atoms with van der Waals surface area (Å²) in [5, 5.41) is 0. The minimum Gasteiger partial charge on any atom is -0.211 e. The molecule has 0 heterocycles. The van der Waals surface area contributed by atoms with Crippen molar-refractivity contribution in [1.82, 2.24) is 0 Å². The van der Waals surface area contributed by atoms with E-state index in [4.69, 9.17) is 0 Å². The fourth-order valence-corrected chi connectivity index (χ4v) is 1.45. The third-order valence-electron chi connectivity index (χ3n) is 2.56. The zero-order chi connectivity index (χ0) is 7.61. The molecule has 10 heavy (non-hydrogen) atoms. The van der Waals surface area contributed by atoms with Gasteiger partial charge < -0.3 is 0 Å². The highest BCUT2D eigenvalue weighted by atomic mass is 16.1. The quantitative estimate of drug-likeness (QED) is 0.424. The van der Waals surface area contributed by atoms with E-state index in [1.54, 1.807) is 6.08 Å². The normalized spacial score (nSPS) is 21.5. The van der Waals surface area contributed by atoms with Gasteiger partial charge in [0.2, 0.25) is 6.08 Å². The van der Waals surface area contributed by atoms with E-state index in [1.165, 1.54) is 6.42 Å². The first-order chi connectivity index (χ1) is 4.71. The van der Waals surface area contributed by atoms with Crippen LogP contribution in [0.15, 0.2) is 4.99 Å². The van der Waals surface area contributed by atoms with Crippen molar-refractivity contribution in [1.29, 1.82) is 0 Å². The van der Waals surface area contributed by atoms with Gasteiger partial charge in [-0.05, 0) is 25.2 Å². The topological polar surface area (TPSA) is 29.4 Å². The molecule has 0 aromatic rings. The Morgan fingerprint density at radius 3 is 2.20 bits per heavy atom. The number of carbonyl (C=O) groups excluding carboxylic acids is 1. The van der Waals surface area contributed by atoms with Crippen molar-refractivity contribution in [3.8, 4) is 0 Å². The van der Waals surface area contributed by atoms with E-state index in [9.17, 15) is 4.79 Å². The Morgan fingerprint density at radius 2 is 2.10 bits per heavy atom. The molecule has 2 heteroatoms. The summed E-state index contributed by atoms with van der Waals surface area (Å²) in [6.45, 7) is 4.22. The van der Waals surface area contributed by atoms with Crippen LogP contribution in [0.1, 0.15) is 33.1 Å². The van der Waals surface area contributed by atoms with Crippen LogP contribution in [0.25, 0.3) is 0 Å². The molecule has 0 aromatic heterocycles. The van der Waals surface area contributed by atoms with Gasteiger partial charge in [0, 0.05) is 0 Å². The lowest BCUT2D eigenvalue weighted by Gasteiger charge is -2.40. The Morgan fingerprint density at radius 1 is 1.50 bits per heavy atom. The van der Waals surface area contributed by atoms with Crippen LogP contribution in [0.2, 0.25) is 0 Å². The molecule has 1 fully saturated rings. The first-order valence-electron chi connectivity index (χ1n) is 3.80. The predicted molar refractivity (Wildman–Crippen MR) is 39.5 cm³/mol. The molecule has 0 amide bonds. The van der Waals surface area contributed by atoms with Crippen LogP contribution in [0.5, 0.6) is 0 Å². The summed E-state index contributed by atoms with van der Waals surface area (Å²) in [6, 6.07) is 0. The van der Waals surface area contributed by atoms with Crippen molar-refractivity contribution < 1.29 is 4.79 Å². The van der Waals surface area contributed by atoms with Crippen molar-refractivity contribution in [2.75, 3.05) is 0 Å². The first-order valence-corrected chi connectivity index (χ1v) is 3.80. The van der Waals surface area contributed by atoms with Gasteiger partial charge in [0.05, 0.1) is 5.54 Å². The van der Waals surface area contributed by atoms with Crippen LogP contribution in [-0.4, -0.2) is 11.6 Å². The van der Waals surface area contributed by atoms with Crippen LogP contribution in [0.4, 0.5) is 0 Å². The van der Waals surface area contributed by atoms with Gasteiger partial charge in [-0.1, -0.05) is 13.8 Å². The second-order valence-electron chi connectivity index (χ2n) is 3.31. The van der Waals surface area contributed by atoms with Crippen molar-refractivity contribution >= 4 is 6.08 Å². The minimum absolute atomic E-state index is 0.0260. The zero-order valence-electron chi connectivity index (χ0n) is 6.55. The molecule has 0 aliphatic heterocycles. The molecule has 1 rings (SSSR count). The monoisotopic (exact) mass is 139 g/mol. The molecule has 0 aromatic carbocycles. The van der Waals surface area contributed by atoms with Crippen LogP contribution < -0.4 is 0 Å². The molecule has 1 aliphatic rings. The number of hydrogen-bond acceptors (Lipinski definition) is 2.